The van der Waals surface area contributed by atoms with Crippen LogP contribution < -0.4 is 10.6 Å². The minimum Gasteiger partial charge on any atom is -0.478 e. The average molecular weight is 344 g/mol. The van der Waals surface area contributed by atoms with Gasteiger partial charge in [-0.1, -0.05) is 12.1 Å². The molecule has 0 amide bonds. The van der Waals surface area contributed by atoms with E-state index < -0.39 is 5.97 Å². The molecule has 0 spiro atoms. The van der Waals surface area contributed by atoms with Gasteiger partial charge in [-0.15, -0.1) is 0 Å². The minimum atomic E-state index is -0.960. The third-order valence-corrected chi connectivity index (χ3v) is 3.95. The standard InChI is InChI=1S/C19H24N2O4/c1-24-10-8-21(9-11-25-2)16-6-7-18(20)17(13-16)14-4-3-5-15(12-14)19(22)23/h3-7,12-13H,8-11,20H2,1-2H3,(H,22,23). The molecule has 0 aliphatic heterocycles. The third kappa shape index (κ3) is 4.95. The highest BCUT2D eigenvalue weighted by molar-refractivity contribution is 5.90. The summed E-state index contributed by atoms with van der Waals surface area (Å²) in [5, 5.41) is 9.20. The zero-order valence-electron chi connectivity index (χ0n) is 14.6. The second kappa shape index (κ2) is 9.05. The Bertz CT molecular complexity index is 710. The molecule has 3 N–H and O–H groups in total. The Morgan fingerprint density at radius 2 is 1.76 bits per heavy atom. The van der Waals surface area contributed by atoms with Gasteiger partial charge in [-0.3, -0.25) is 0 Å². The van der Waals surface area contributed by atoms with Crippen molar-refractivity contribution in [2.45, 2.75) is 0 Å². The maximum absolute atomic E-state index is 11.2. The van der Waals surface area contributed by atoms with E-state index in [-0.39, 0.29) is 5.56 Å². The van der Waals surface area contributed by atoms with Crippen molar-refractivity contribution in [1.29, 1.82) is 0 Å². The van der Waals surface area contributed by atoms with Crippen molar-refractivity contribution in [1.82, 2.24) is 0 Å². The molecule has 0 radical (unpaired) electrons. The molecule has 0 aliphatic carbocycles. The van der Waals surface area contributed by atoms with Gasteiger partial charge in [-0.2, -0.15) is 0 Å². The molecule has 0 atom stereocenters. The van der Waals surface area contributed by atoms with Crippen LogP contribution >= 0.6 is 0 Å². The zero-order chi connectivity index (χ0) is 18.2. The predicted octanol–water partition coefficient (Wildman–Crippen LogP) is 2.73. The molecule has 0 unspecified atom stereocenters. The molecule has 0 bridgehead atoms. The van der Waals surface area contributed by atoms with E-state index in [1.54, 1.807) is 32.4 Å². The number of hydrogen-bond donors (Lipinski definition) is 2. The lowest BCUT2D eigenvalue weighted by Gasteiger charge is -2.25. The van der Waals surface area contributed by atoms with E-state index in [9.17, 15) is 9.90 Å². The summed E-state index contributed by atoms with van der Waals surface area (Å²) in [5.41, 5.74) is 9.54. The smallest absolute Gasteiger partial charge is 0.335 e. The van der Waals surface area contributed by atoms with Crippen LogP contribution in [-0.4, -0.2) is 51.6 Å². The Kier molecular flexibility index (Phi) is 6.80. The van der Waals surface area contributed by atoms with Gasteiger partial charge in [0.05, 0.1) is 18.8 Å². The maximum atomic E-state index is 11.2. The van der Waals surface area contributed by atoms with Crippen molar-refractivity contribution in [3.63, 3.8) is 0 Å². The van der Waals surface area contributed by atoms with Gasteiger partial charge in [-0.25, -0.2) is 4.79 Å². The number of benzene rings is 2. The molecule has 2 rings (SSSR count). The van der Waals surface area contributed by atoms with Crippen LogP contribution in [0, 0.1) is 0 Å². The summed E-state index contributed by atoms with van der Waals surface area (Å²) in [6, 6.07) is 12.5. The Balaban J connectivity index is 2.38. The molecule has 6 heteroatoms. The molecule has 0 heterocycles. The van der Waals surface area contributed by atoms with Crippen molar-refractivity contribution in [2.24, 2.45) is 0 Å². The van der Waals surface area contributed by atoms with Crippen molar-refractivity contribution in [3.8, 4) is 11.1 Å². The number of aromatic carboxylic acids is 1. The third-order valence-electron chi connectivity index (χ3n) is 3.95. The van der Waals surface area contributed by atoms with Gasteiger partial charge in [0.1, 0.15) is 0 Å². The summed E-state index contributed by atoms with van der Waals surface area (Å²) in [6.45, 7) is 2.63. The lowest BCUT2D eigenvalue weighted by Crippen LogP contribution is -2.30. The summed E-state index contributed by atoms with van der Waals surface area (Å²) in [7, 11) is 3.33. The van der Waals surface area contributed by atoms with Gasteiger partial charge in [-0.05, 0) is 35.9 Å². The molecule has 0 aromatic heterocycles. The largest absolute Gasteiger partial charge is 0.478 e. The highest BCUT2D eigenvalue weighted by Crippen LogP contribution is 2.31. The molecule has 0 fully saturated rings. The van der Waals surface area contributed by atoms with E-state index in [1.165, 1.54) is 0 Å². The van der Waals surface area contributed by atoms with Crippen LogP contribution in [0.1, 0.15) is 10.4 Å². The van der Waals surface area contributed by atoms with E-state index in [1.807, 2.05) is 24.3 Å². The normalized spacial score (nSPS) is 10.6. The van der Waals surface area contributed by atoms with Gasteiger partial charge >= 0.3 is 5.97 Å². The average Bonchev–Trinajstić information content (AvgIpc) is 2.62. The van der Waals surface area contributed by atoms with E-state index in [0.717, 1.165) is 29.9 Å². The monoisotopic (exact) mass is 344 g/mol. The summed E-state index contributed by atoms with van der Waals surface area (Å²) >= 11 is 0. The number of methoxy groups -OCH3 is 2. The number of nitrogens with zero attached hydrogens (tertiary/aromatic N) is 1. The van der Waals surface area contributed by atoms with Crippen LogP contribution in [0.15, 0.2) is 42.5 Å². The number of hydrogen-bond acceptors (Lipinski definition) is 5. The first-order chi connectivity index (χ1) is 12.1. The minimum absolute atomic E-state index is 0.234. The van der Waals surface area contributed by atoms with Crippen molar-refractivity contribution in [2.75, 3.05) is 51.2 Å². The van der Waals surface area contributed by atoms with Crippen molar-refractivity contribution < 1.29 is 19.4 Å². The van der Waals surface area contributed by atoms with Crippen LogP contribution in [0.25, 0.3) is 11.1 Å². The van der Waals surface area contributed by atoms with Crippen molar-refractivity contribution in [3.05, 3.63) is 48.0 Å². The predicted molar refractivity (Wildman–Crippen MR) is 99.2 cm³/mol. The quantitative estimate of drug-likeness (QED) is 0.681. The molecule has 134 valence electrons. The van der Waals surface area contributed by atoms with E-state index in [0.29, 0.717) is 18.9 Å². The summed E-state index contributed by atoms with van der Waals surface area (Å²) in [4.78, 5) is 13.4. The Morgan fingerprint density at radius 3 is 2.36 bits per heavy atom. The molecule has 0 saturated carbocycles. The second-order valence-corrected chi connectivity index (χ2v) is 5.63. The highest BCUT2D eigenvalue weighted by atomic mass is 16.5. The summed E-state index contributed by atoms with van der Waals surface area (Å²) in [6.07, 6.45) is 0. The van der Waals surface area contributed by atoms with Crippen LogP contribution in [0.5, 0.6) is 0 Å². The topological polar surface area (TPSA) is 85.0 Å². The van der Waals surface area contributed by atoms with Gasteiger partial charge in [0, 0.05) is 44.2 Å². The summed E-state index contributed by atoms with van der Waals surface area (Å²) < 4.78 is 10.4. The second-order valence-electron chi connectivity index (χ2n) is 5.63. The fourth-order valence-electron chi connectivity index (χ4n) is 2.58. The van der Waals surface area contributed by atoms with Gasteiger partial charge in [0.15, 0.2) is 0 Å². The lowest BCUT2D eigenvalue weighted by molar-refractivity contribution is 0.0697. The number of carboxylic acids is 1. The van der Waals surface area contributed by atoms with Gasteiger partial charge in [0.25, 0.3) is 0 Å². The van der Waals surface area contributed by atoms with Crippen LogP contribution in [-0.2, 0) is 9.47 Å². The Labute approximate surface area is 147 Å². The maximum Gasteiger partial charge on any atom is 0.335 e. The number of anilines is 2. The fourth-order valence-corrected chi connectivity index (χ4v) is 2.58. The van der Waals surface area contributed by atoms with E-state index >= 15 is 0 Å². The first kappa shape index (κ1) is 18.8. The number of nitrogens with two attached hydrogens (primary N) is 1. The molecular formula is C19H24N2O4. The van der Waals surface area contributed by atoms with Crippen LogP contribution in [0.4, 0.5) is 11.4 Å². The highest BCUT2D eigenvalue weighted by Gasteiger charge is 2.12. The first-order valence-corrected chi connectivity index (χ1v) is 8.03. The molecule has 25 heavy (non-hydrogen) atoms. The molecular weight excluding hydrogens is 320 g/mol. The van der Waals surface area contributed by atoms with E-state index in [2.05, 4.69) is 4.90 Å². The first-order valence-electron chi connectivity index (χ1n) is 8.03. The van der Waals surface area contributed by atoms with Gasteiger partial charge in [0.2, 0.25) is 0 Å². The zero-order valence-corrected chi connectivity index (χ0v) is 14.6. The van der Waals surface area contributed by atoms with Crippen molar-refractivity contribution >= 4 is 17.3 Å². The van der Waals surface area contributed by atoms with Crippen LogP contribution in [0.3, 0.4) is 0 Å². The molecule has 2 aromatic rings. The number of rotatable bonds is 9. The van der Waals surface area contributed by atoms with E-state index in [4.69, 9.17) is 15.2 Å². The molecule has 0 aliphatic rings. The lowest BCUT2D eigenvalue weighted by atomic mass is 10.0. The Hall–Kier alpha value is -2.57. The number of ether oxygens (including phenoxy) is 2. The molecule has 0 saturated heterocycles. The summed E-state index contributed by atoms with van der Waals surface area (Å²) in [5.74, 6) is -0.960. The SMILES string of the molecule is COCCN(CCOC)c1ccc(N)c(-c2cccc(C(=O)O)c2)c1. The Morgan fingerprint density at radius 1 is 1.08 bits per heavy atom. The number of carboxylic acid groups (broad SMARTS) is 1. The molecule has 2 aromatic carbocycles. The number of carbonyl (C=O) groups is 1. The van der Waals surface area contributed by atoms with Gasteiger partial charge < -0.3 is 25.2 Å². The fraction of sp³-hybridized carbons (Fsp3) is 0.316. The molecule has 6 nitrogen and oxygen atoms in total. The number of nitrogen functional groups attached to an aromatic ring is 1. The van der Waals surface area contributed by atoms with Crippen LogP contribution in [0.2, 0.25) is 0 Å².